The summed E-state index contributed by atoms with van der Waals surface area (Å²) in [6.45, 7) is 5.07. The van der Waals surface area contributed by atoms with Gasteiger partial charge in [-0.25, -0.2) is 4.99 Å². The number of unbranched alkanes of at least 4 members (excludes halogenated alkanes) is 1. The Morgan fingerprint density at radius 1 is 1.21 bits per heavy atom. The molecule has 24 heavy (non-hydrogen) atoms. The highest BCUT2D eigenvalue weighted by Gasteiger charge is 2.15. The summed E-state index contributed by atoms with van der Waals surface area (Å²) in [6.07, 6.45) is 2.11. The molecule has 1 aromatic carbocycles. The van der Waals surface area contributed by atoms with Crippen LogP contribution in [0.3, 0.4) is 0 Å². The predicted octanol–water partition coefficient (Wildman–Crippen LogP) is 3.54. The standard InChI is InChI=1S/C17H27F2N3O2/c1-4-7-11-21-17(20-5-2)22-12-13-9-8-10-14(23-6-3)15(13)24-16(18)19/h8-10,16H,4-7,11-12H2,1-3H3,(H2,20,21,22). The van der Waals surface area contributed by atoms with Gasteiger partial charge in [-0.1, -0.05) is 25.5 Å². The summed E-state index contributed by atoms with van der Waals surface area (Å²) in [6, 6.07) is 5.06. The van der Waals surface area contributed by atoms with Crippen molar-refractivity contribution < 1.29 is 18.3 Å². The molecule has 1 rings (SSSR count). The highest BCUT2D eigenvalue weighted by Crippen LogP contribution is 2.33. The fourth-order valence-corrected chi connectivity index (χ4v) is 2.07. The fraction of sp³-hybridized carbons (Fsp3) is 0.588. The number of halogens is 2. The second-order valence-corrected chi connectivity index (χ2v) is 5.03. The predicted molar refractivity (Wildman–Crippen MR) is 92.0 cm³/mol. The number of guanidine groups is 1. The van der Waals surface area contributed by atoms with E-state index in [1.54, 1.807) is 25.1 Å². The number of ether oxygens (including phenoxy) is 2. The van der Waals surface area contributed by atoms with Gasteiger partial charge in [0.05, 0.1) is 13.2 Å². The molecule has 0 heterocycles. The van der Waals surface area contributed by atoms with Crippen molar-refractivity contribution in [2.45, 2.75) is 46.8 Å². The lowest BCUT2D eigenvalue weighted by Crippen LogP contribution is -2.37. The Kier molecular flexibility index (Phi) is 9.56. The van der Waals surface area contributed by atoms with Gasteiger partial charge in [-0.3, -0.25) is 0 Å². The van der Waals surface area contributed by atoms with Crippen molar-refractivity contribution in [1.82, 2.24) is 10.6 Å². The maximum absolute atomic E-state index is 12.7. The van der Waals surface area contributed by atoms with Crippen molar-refractivity contribution in [3.8, 4) is 11.5 Å². The SMILES string of the molecule is CCCCNC(=NCc1cccc(OCC)c1OC(F)F)NCC. The van der Waals surface area contributed by atoms with Gasteiger partial charge in [0, 0.05) is 18.7 Å². The molecule has 0 aromatic heterocycles. The molecule has 0 aliphatic heterocycles. The molecule has 2 N–H and O–H groups in total. The third-order valence-corrected chi connectivity index (χ3v) is 3.14. The molecule has 0 aliphatic carbocycles. The van der Waals surface area contributed by atoms with Crippen molar-refractivity contribution >= 4 is 5.96 Å². The third-order valence-electron chi connectivity index (χ3n) is 3.14. The summed E-state index contributed by atoms with van der Waals surface area (Å²) < 4.78 is 35.4. The van der Waals surface area contributed by atoms with Gasteiger partial charge in [0.15, 0.2) is 17.5 Å². The molecule has 0 unspecified atom stereocenters. The van der Waals surface area contributed by atoms with Crippen molar-refractivity contribution in [3.63, 3.8) is 0 Å². The molecule has 0 aliphatic rings. The van der Waals surface area contributed by atoms with E-state index in [9.17, 15) is 8.78 Å². The van der Waals surface area contributed by atoms with Gasteiger partial charge < -0.3 is 20.1 Å². The number of rotatable bonds is 10. The number of hydrogen-bond donors (Lipinski definition) is 2. The number of para-hydroxylation sites is 1. The summed E-state index contributed by atoms with van der Waals surface area (Å²) >= 11 is 0. The average Bonchev–Trinajstić information content (AvgIpc) is 2.55. The number of nitrogens with one attached hydrogen (secondary N) is 2. The van der Waals surface area contributed by atoms with Crippen LogP contribution in [0.1, 0.15) is 39.2 Å². The van der Waals surface area contributed by atoms with Gasteiger partial charge in [-0.05, 0) is 26.3 Å². The van der Waals surface area contributed by atoms with Crippen LogP contribution in [0.15, 0.2) is 23.2 Å². The van der Waals surface area contributed by atoms with Crippen LogP contribution in [0.5, 0.6) is 11.5 Å². The average molecular weight is 343 g/mol. The molecular formula is C17H27F2N3O2. The maximum Gasteiger partial charge on any atom is 0.387 e. The zero-order valence-electron chi connectivity index (χ0n) is 14.6. The summed E-state index contributed by atoms with van der Waals surface area (Å²) in [7, 11) is 0. The molecule has 0 saturated heterocycles. The first-order valence-electron chi connectivity index (χ1n) is 8.33. The zero-order valence-corrected chi connectivity index (χ0v) is 14.6. The zero-order chi connectivity index (χ0) is 17.8. The Morgan fingerprint density at radius 2 is 2.00 bits per heavy atom. The number of hydrogen-bond acceptors (Lipinski definition) is 3. The molecule has 0 fully saturated rings. The first-order chi connectivity index (χ1) is 11.6. The lowest BCUT2D eigenvalue weighted by Gasteiger charge is -2.15. The minimum atomic E-state index is -2.91. The topological polar surface area (TPSA) is 54.9 Å². The quantitative estimate of drug-likeness (QED) is 0.388. The van der Waals surface area contributed by atoms with Gasteiger partial charge in [-0.2, -0.15) is 8.78 Å². The summed E-state index contributed by atoms with van der Waals surface area (Å²) in [5, 5.41) is 6.34. The number of alkyl halides is 2. The minimum Gasteiger partial charge on any atom is -0.490 e. The summed E-state index contributed by atoms with van der Waals surface area (Å²) in [5.74, 6) is 0.993. The summed E-state index contributed by atoms with van der Waals surface area (Å²) in [4.78, 5) is 4.44. The van der Waals surface area contributed by atoms with Crippen molar-refractivity contribution in [2.24, 2.45) is 4.99 Å². The maximum atomic E-state index is 12.7. The lowest BCUT2D eigenvalue weighted by molar-refractivity contribution is -0.0520. The Balaban J connectivity index is 2.93. The minimum absolute atomic E-state index is 0.0440. The van der Waals surface area contributed by atoms with E-state index in [-0.39, 0.29) is 12.3 Å². The second kappa shape index (κ2) is 11.5. The van der Waals surface area contributed by atoms with E-state index < -0.39 is 6.61 Å². The highest BCUT2D eigenvalue weighted by molar-refractivity contribution is 5.79. The van der Waals surface area contributed by atoms with Gasteiger partial charge in [-0.15, -0.1) is 0 Å². The Morgan fingerprint density at radius 3 is 2.62 bits per heavy atom. The van der Waals surface area contributed by atoms with Crippen molar-refractivity contribution in [2.75, 3.05) is 19.7 Å². The number of benzene rings is 1. The lowest BCUT2D eigenvalue weighted by atomic mass is 10.2. The van der Waals surface area contributed by atoms with Gasteiger partial charge >= 0.3 is 6.61 Å². The molecule has 0 bridgehead atoms. The largest absolute Gasteiger partial charge is 0.490 e. The normalized spacial score (nSPS) is 11.5. The molecular weight excluding hydrogens is 316 g/mol. The first kappa shape index (κ1) is 20.0. The van der Waals surface area contributed by atoms with Crippen LogP contribution in [0.25, 0.3) is 0 Å². The number of nitrogens with zero attached hydrogens (tertiary/aromatic N) is 1. The smallest absolute Gasteiger partial charge is 0.387 e. The second-order valence-electron chi connectivity index (χ2n) is 5.03. The Bertz CT molecular complexity index is 511. The van der Waals surface area contributed by atoms with Crippen LogP contribution in [0.4, 0.5) is 8.78 Å². The molecule has 1 aromatic rings. The van der Waals surface area contributed by atoms with Gasteiger partial charge in [0.2, 0.25) is 0 Å². The van der Waals surface area contributed by atoms with Crippen LogP contribution >= 0.6 is 0 Å². The van der Waals surface area contributed by atoms with E-state index in [1.165, 1.54) is 0 Å². The van der Waals surface area contributed by atoms with E-state index in [1.807, 2.05) is 6.92 Å². The van der Waals surface area contributed by atoms with E-state index in [2.05, 4.69) is 27.3 Å². The third kappa shape index (κ3) is 7.02. The number of aliphatic imine (C=N–C) groups is 1. The highest BCUT2D eigenvalue weighted by atomic mass is 19.3. The molecule has 0 saturated carbocycles. The molecule has 0 radical (unpaired) electrons. The first-order valence-corrected chi connectivity index (χ1v) is 8.33. The van der Waals surface area contributed by atoms with Crippen LogP contribution in [-0.2, 0) is 6.54 Å². The van der Waals surface area contributed by atoms with Crippen molar-refractivity contribution in [3.05, 3.63) is 23.8 Å². The molecule has 0 atom stereocenters. The molecule has 7 heteroatoms. The van der Waals surface area contributed by atoms with Crippen LogP contribution in [0.2, 0.25) is 0 Å². The van der Waals surface area contributed by atoms with E-state index in [0.717, 1.165) is 25.9 Å². The van der Waals surface area contributed by atoms with Crippen LogP contribution in [-0.4, -0.2) is 32.3 Å². The molecule has 136 valence electrons. The van der Waals surface area contributed by atoms with Gasteiger partial charge in [0.1, 0.15) is 0 Å². The van der Waals surface area contributed by atoms with Crippen molar-refractivity contribution in [1.29, 1.82) is 0 Å². The monoisotopic (exact) mass is 343 g/mol. The molecule has 0 spiro atoms. The molecule has 0 amide bonds. The van der Waals surface area contributed by atoms with E-state index >= 15 is 0 Å². The van der Waals surface area contributed by atoms with Crippen LogP contribution in [0, 0.1) is 0 Å². The van der Waals surface area contributed by atoms with E-state index in [0.29, 0.717) is 23.9 Å². The Labute approximate surface area is 142 Å². The summed E-state index contributed by atoms with van der Waals surface area (Å²) in [5.41, 5.74) is 0.550. The fourth-order valence-electron chi connectivity index (χ4n) is 2.07. The Hall–Kier alpha value is -2.05. The van der Waals surface area contributed by atoms with Crippen LogP contribution < -0.4 is 20.1 Å². The van der Waals surface area contributed by atoms with Gasteiger partial charge in [0.25, 0.3) is 0 Å². The van der Waals surface area contributed by atoms with E-state index in [4.69, 9.17) is 4.74 Å². The molecule has 5 nitrogen and oxygen atoms in total.